The Labute approximate surface area is 244 Å². The largest absolute Gasteiger partial charge is 0.490 e. The second-order valence-electron chi connectivity index (χ2n) is 12.1. The molecule has 0 radical (unpaired) electrons. The van der Waals surface area contributed by atoms with Gasteiger partial charge in [0, 0.05) is 47.8 Å². The smallest absolute Gasteiger partial charge is 0.305 e. The first-order valence-corrected chi connectivity index (χ1v) is 14.4. The lowest BCUT2D eigenvalue weighted by atomic mass is 9.63. The Kier molecular flexibility index (Phi) is 8.23. The average Bonchev–Trinajstić information content (AvgIpc) is 2.80. The van der Waals surface area contributed by atoms with Crippen molar-refractivity contribution in [3.63, 3.8) is 0 Å². The summed E-state index contributed by atoms with van der Waals surface area (Å²) < 4.78 is 12.5. The molecule has 0 unspecified atom stereocenters. The molecule has 0 spiro atoms. The van der Waals surface area contributed by atoms with Gasteiger partial charge in [-0.25, -0.2) is 0 Å². The van der Waals surface area contributed by atoms with Crippen molar-refractivity contribution in [3.05, 3.63) is 43.8 Å². The molecule has 2 aliphatic carbocycles. The third-order valence-corrected chi connectivity index (χ3v) is 8.34. The Morgan fingerprint density at radius 3 is 2.10 bits per heavy atom. The van der Waals surface area contributed by atoms with Gasteiger partial charge in [0.1, 0.15) is 6.61 Å². The van der Waals surface area contributed by atoms with Gasteiger partial charge in [-0.2, -0.15) is 0 Å². The number of terminal acetylenes is 1. The molecule has 0 bridgehead atoms. The lowest BCUT2D eigenvalue weighted by Crippen LogP contribution is -2.45. The zero-order chi connectivity index (χ0) is 28.7. The first kappa shape index (κ1) is 29.2. The van der Waals surface area contributed by atoms with E-state index in [1.54, 1.807) is 0 Å². The van der Waals surface area contributed by atoms with Crippen LogP contribution in [0.25, 0.3) is 0 Å². The van der Waals surface area contributed by atoms with Crippen molar-refractivity contribution in [2.75, 3.05) is 19.8 Å². The first-order valence-electron chi connectivity index (χ1n) is 13.3. The Balaban J connectivity index is 1.99. The summed E-state index contributed by atoms with van der Waals surface area (Å²) in [5, 5.41) is 9.54. The molecule has 0 amide bonds. The highest BCUT2D eigenvalue weighted by atomic mass is 127. The van der Waals surface area contributed by atoms with Crippen LogP contribution in [-0.4, -0.2) is 47.3 Å². The van der Waals surface area contributed by atoms with Crippen molar-refractivity contribution >= 4 is 40.1 Å². The zero-order valence-corrected chi connectivity index (χ0v) is 25.4. The predicted molar refractivity (Wildman–Crippen MR) is 156 cm³/mol. The van der Waals surface area contributed by atoms with Crippen LogP contribution in [0.15, 0.2) is 34.7 Å². The molecular weight excluding hydrogens is 609 g/mol. The quantitative estimate of drug-likeness (QED) is 0.280. The van der Waals surface area contributed by atoms with Crippen LogP contribution in [0.5, 0.6) is 11.5 Å². The summed E-state index contributed by atoms with van der Waals surface area (Å²) in [6, 6.07) is 3.81. The van der Waals surface area contributed by atoms with Crippen LogP contribution in [0.4, 0.5) is 0 Å². The molecule has 0 aromatic heterocycles. The number of benzene rings is 1. The van der Waals surface area contributed by atoms with E-state index >= 15 is 0 Å². The number of ether oxygens (including phenoxy) is 2. The van der Waals surface area contributed by atoms with Crippen LogP contribution in [0.1, 0.15) is 78.2 Å². The van der Waals surface area contributed by atoms with Gasteiger partial charge in [-0.05, 0) is 70.9 Å². The lowest BCUT2D eigenvalue weighted by Gasteiger charge is -2.49. The topological polar surface area (TPSA) is 93.1 Å². The number of halogens is 1. The van der Waals surface area contributed by atoms with E-state index in [0.29, 0.717) is 54.9 Å². The van der Waals surface area contributed by atoms with E-state index in [1.165, 1.54) is 0 Å². The number of rotatable bonds is 8. The monoisotopic (exact) mass is 645 g/mol. The minimum atomic E-state index is -0.914. The molecule has 0 saturated carbocycles. The molecule has 1 aromatic rings. The molecule has 0 fully saturated rings. The minimum Gasteiger partial charge on any atom is -0.490 e. The van der Waals surface area contributed by atoms with Crippen LogP contribution in [0.3, 0.4) is 0 Å². The van der Waals surface area contributed by atoms with E-state index < -0.39 is 11.9 Å². The van der Waals surface area contributed by atoms with E-state index in [9.17, 15) is 19.5 Å². The molecule has 0 saturated heterocycles. The van der Waals surface area contributed by atoms with Gasteiger partial charge in [-0.15, -0.1) is 6.42 Å². The predicted octanol–water partition coefficient (Wildman–Crippen LogP) is 5.86. The molecule has 7 nitrogen and oxygen atoms in total. The number of hydrogen-bond donors (Lipinski definition) is 1. The van der Waals surface area contributed by atoms with Crippen LogP contribution in [0.2, 0.25) is 0 Å². The molecule has 39 heavy (non-hydrogen) atoms. The number of ketones is 2. The summed E-state index contributed by atoms with van der Waals surface area (Å²) in [6.45, 7) is 10.8. The number of allylic oxidation sites excluding steroid dienone is 4. The maximum atomic E-state index is 13.9. The van der Waals surface area contributed by atoms with E-state index in [0.717, 1.165) is 20.5 Å². The fraction of sp³-hybridized carbons (Fsp3) is 0.516. The fourth-order valence-corrected chi connectivity index (χ4v) is 6.91. The molecule has 1 aliphatic heterocycles. The van der Waals surface area contributed by atoms with E-state index in [-0.39, 0.29) is 42.0 Å². The fourth-order valence-electron chi connectivity index (χ4n) is 6.13. The second-order valence-corrected chi connectivity index (χ2v) is 13.2. The third-order valence-electron chi connectivity index (χ3n) is 7.54. The highest BCUT2D eigenvalue weighted by Crippen LogP contribution is 2.55. The van der Waals surface area contributed by atoms with E-state index in [2.05, 4.69) is 56.2 Å². The zero-order valence-electron chi connectivity index (χ0n) is 23.3. The number of nitrogens with zero attached hydrogens (tertiary/aromatic N) is 1. The molecule has 1 N–H and O–H groups in total. The second kappa shape index (κ2) is 11.0. The van der Waals surface area contributed by atoms with Gasteiger partial charge in [-0.1, -0.05) is 33.6 Å². The van der Waals surface area contributed by atoms with Crippen molar-refractivity contribution in [2.24, 2.45) is 10.8 Å². The van der Waals surface area contributed by atoms with Gasteiger partial charge in [-0.3, -0.25) is 14.4 Å². The number of carbonyl (C=O) groups excluding carboxylic acids is 2. The van der Waals surface area contributed by atoms with Crippen molar-refractivity contribution in [3.8, 4) is 23.8 Å². The molecule has 8 heteroatoms. The van der Waals surface area contributed by atoms with Crippen LogP contribution < -0.4 is 9.47 Å². The number of Topliss-reactive ketones (excluding diaryl/α,β-unsaturated/α-hetero) is 2. The van der Waals surface area contributed by atoms with Gasteiger partial charge in [0.25, 0.3) is 0 Å². The number of carboxylic acid groups (broad SMARTS) is 1. The summed E-state index contributed by atoms with van der Waals surface area (Å²) in [5.74, 6) is 2.05. The Hall–Kier alpha value is -2.80. The Morgan fingerprint density at radius 1 is 1.05 bits per heavy atom. The lowest BCUT2D eigenvalue weighted by molar-refractivity contribution is -0.137. The average molecular weight is 646 g/mol. The highest BCUT2D eigenvalue weighted by molar-refractivity contribution is 14.1. The van der Waals surface area contributed by atoms with Crippen molar-refractivity contribution in [1.29, 1.82) is 0 Å². The summed E-state index contributed by atoms with van der Waals surface area (Å²) in [6.07, 6.45) is 7.29. The van der Waals surface area contributed by atoms with Gasteiger partial charge in [0.2, 0.25) is 0 Å². The summed E-state index contributed by atoms with van der Waals surface area (Å²) in [7, 11) is 0. The number of aliphatic carboxylic acids is 1. The molecule has 3 aliphatic rings. The number of carboxylic acids is 1. The SMILES string of the molecule is C#CCOc1c(I)cc(C2C3=C(CC(C)(C)CC3=O)N(CCC(=O)O)C3=C2C(=O)CC(C)(C)C3)cc1OCC. The van der Waals surface area contributed by atoms with Crippen molar-refractivity contribution in [1.82, 2.24) is 4.90 Å². The van der Waals surface area contributed by atoms with Crippen molar-refractivity contribution in [2.45, 2.75) is 72.6 Å². The molecule has 1 aromatic carbocycles. The standard InChI is InChI=1S/C31H36INO6/c1-7-11-39-29-19(32)12-18(13-24(29)38-8-2)26-27-20(14-30(3,4)16-22(27)34)33(10-9-25(36)37)21-15-31(5,6)17-23(35)28(21)26/h1,12-13,26H,8-11,14-17H2,2-6H3,(H,36,37). The summed E-state index contributed by atoms with van der Waals surface area (Å²) in [4.78, 5) is 41.5. The molecule has 208 valence electrons. The molecule has 1 heterocycles. The van der Waals surface area contributed by atoms with Crippen molar-refractivity contribution < 1.29 is 29.0 Å². The van der Waals surface area contributed by atoms with Crippen LogP contribution >= 0.6 is 22.6 Å². The number of carbonyl (C=O) groups is 3. The summed E-state index contributed by atoms with van der Waals surface area (Å²) >= 11 is 2.18. The molecule has 4 rings (SSSR count). The van der Waals surface area contributed by atoms with Gasteiger partial charge < -0.3 is 19.5 Å². The normalized spacial score (nSPS) is 20.4. The van der Waals surface area contributed by atoms with Gasteiger partial charge >= 0.3 is 5.97 Å². The van der Waals surface area contributed by atoms with Gasteiger partial charge in [0.15, 0.2) is 23.1 Å². The van der Waals surface area contributed by atoms with Crippen LogP contribution in [-0.2, 0) is 14.4 Å². The number of hydrogen-bond acceptors (Lipinski definition) is 6. The minimum absolute atomic E-state index is 0.00335. The van der Waals surface area contributed by atoms with E-state index in [1.807, 2.05) is 24.0 Å². The Morgan fingerprint density at radius 2 is 1.62 bits per heavy atom. The van der Waals surface area contributed by atoms with E-state index in [4.69, 9.17) is 15.9 Å². The Bertz CT molecular complexity index is 1280. The maximum absolute atomic E-state index is 13.9. The first-order chi connectivity index (χ1) is 18.3. The van der Waals surface area contributed by atoms with Crippen LogP contribution in [0, 0.1) is 26.7 Å². The highest BCUT2D eigenvalue weighted by Gasteiger charge is 2.49. The molecule has 0 atom stereocenters. The molecular formula is C31H36INO6. The van der Waals surface area contributed by atoms with Gasteiger partial charge in [0.05, 0.1) is 16.6 Å². The third kappa shape index (κ3) is 5.88. The summed E-state index contributed by atoms with van der Waals surface area (Å²) in [5.41, 5.74) is 3.09. The maximum Gasteiger partial charge on any atom is 0.305 e.